The summed E-state index contributed by atoms with van der Waals surface area (Å²) in [5.74, 6) is 1.18. The van der Waals surface area contributed by atoms with Crippen molar-refractivity contribution in [2.45, 2.75) is 58.0 Å². The van der Waals surface area contributed by atoms with Crippen LogP contribution in [0, 0.1) is 5.92 Å². The van der Waals surface area contributed by atoms with Crippen molar-refractivity contribution in [3.8, 4) is 0 Å². The van der Waals surface area contributed by atoms with Gasteiger partial charge in [-0.3, -0.25) is 0 Å². The number of rotatable bonds is 4. The molecule has 7 nitrogen and oxygen atoms in total. The molecule has 0 spiro atoms. The predicted molar refractivity (Wildman–Crippen MR) is 96.5 cm³/mol. The summed E-state index contributed by atoms with van der Waals surface area (Å²) >= 11 is 0. The molecule has 25 heavy (non-hydrogen) atoms. The lowest BCUT2D eigenvalue weighted by atomic mass is 9.92. The standard InChI is InChI=1S/C18H29N5O2/c1-12(2)20-18(25)22-16-5-3-4-15-14(16)10-19-17(21-15)23-8-6-13(11-24)7-9-23/h10,12-13,16,24H,3-9,11H2,1-2H3,(H2,20,22,25)/t16-/m0/s1. The fraction of sp³-hybridized carbons (Fsp3) is 0.722. The summed E-state index contributed by atoms with van der Waals surface area (Å²) in [7, 11) is 0. The van der Waals surface area contributed by atoms with Gasteiger partial charge in [0, 0.05) is 37.5 Å². The minimum absolute atomic E-state index is 0.0170. The topological polar surface area (TPSA) is 90.4 Å². The Morgan fingerprint density at radius 1 is 1.36 bits per heavy atom. The highest BCUT2D eigenvalue weighted by molar-refractivity contribution is 5.74. The van der Waals surface area contributed by atoms with E-state index < -0.39 is 0 Å². The van der Waals surface area contributed by atoms with Crippen LogP contribution in [0.15, 0.2) is 6.20 Å². The number of nitrogens with one attached hydrogen (secondary N) is 2. The SMILES string of the molecule is CC(C)NC(=O)N[C@H]1CCCc2nc(N3CCC(CO)CC3)ncc21. The first-order valence-electron chi connectivity index (χ1n) is 9.35. The van der Waals surface area contributed by atoms with Crippen LogP contribution in [0.25, 0.3) is 0 Å². The van der Waals surface area contributed by atoms with E-state index >= 15 is 0 Å². The van der Waals surface area contributed by atoms with Crippen LogP contribution in [0.4, 0.5) is 10.7 Å². The van der Waals surface area contributed by atoms with E-state index in [0.29, 0.717) is 5.92 Å². The van der Waals surface area contributed by atoms with Gasteiger partial charge in [-0.2, -0.15) is 0 Å². The third-order valence-electron chi connectivity index (χ3n) is 5.05. The first-order chi connectivity index (χ1) is 12.1. The minimum Gasteiger partial charge on any atom is -0.396 e. The number of aromatic nitrogens is 2. The molecule has 1 aromatic rings. The summed E-state index contributed by atoms with van der Waals surface area (Å²) < 4.78 is 0. The number of carbonyl (C=O) groups excluding carboxylic acids is 1. The maximum atomic E-state index is 12.0. The van der Waals surface area contributed by atoms with Gasteiger partial charge in [-0.1, -0.05) is 0 Å². The quantitative estimate of drug-likeness (QED) is 0.772. The van der Waals surface area contributed by atoms with Crippen molar-refractivity contribution in [3.63, 3.8) is 0 Å². The Morgan fingerprint density at radius 2 is 2.12 bits per heavy atom. The van der Waals surface area contributed by atoms with Crippen molar-refractivity contribution in [1.29, 1.82) is 0 Å². The second kappa shape index (κ2) is 7.99. The molecule has 1 aliphatic heterocycles. The van der Waals surface area contributed by atoms with E-state index in [4.69, 9.17) is 4.98 Å². The molecule has 3 rings (SSSR count). The lowest BCUT2D eigenvalue weighted by Gasteiger charge is -2.32. The first kappa shape index (κ1) is 17.9. The van der Waals surface area contributed by atoms with E-state index in [-0.39, 0.29) is 24.7 Å². The van der Waals surface area contributed by atoms with Gasteiger partial charge in [0.25, 0.3) is 0 Å². The van der Waals surface area contributed by atoms with E-state index in [2.05, 4.69) is 20.5 Å². The van der Waals surface area contributed by atoms with Crippen LogP contribution in [0.3, 0.4) is 0 Å². The smallest absolute Gasteiger partial charge is 0.315 e. The molecule has 1 saturated heterocycles. The zero-order valence-electron chi connectivity index (χ0n) is 15.2. The largest absolute Gasteiger partial charge is 0.396 e. The highest BCUT2D eigenvalue weighted by Crippen LogP contribution is 2.30. The highest BCUT2D eigenvalue weighted by atomic mass is 16.3. The van der Waals surface area contributed by atoms with Gasteiger partial charge in [0.15, 0.2) is 0 Å². The Bertz CT molecular complexity index is 599. The van der Waals surface area contributed by atoms with E-state index in [9.17, 15) is 9.90 Å². The number of aliphatic hydroxyl groups excluding tert-OH is 1. The van der Waals surface area contributed by atoms with Crippen molar-refractivity contribution < 1.29 is 9.90 Å². The number of nitrogens with zero attached hydrogens (tertiary/aromatic N) is 3. The number of fused-ring (bicyclic) bond motifs is 1. The molecule has 0 aromatic carbocycles. The van der Waals surface area contributed by atoms with E-state index in [0.717, 1.165) is 62.4 Å². The normalized spacial score (nSPS) is 21.1. The third kappa shape index (κ3) is 4.39. The monoisotopic (exact) mass is 347 g/mol. The molecule has 138 valence electrons. The third-order valence-corrected chi connectivity index (χ3v) is 5.05. The van der Waals surface area contributed by atoms with Crippen molar-refractivity contribution in [2.75, 3.05) is 24.6 Å². The van der Waals surface area contributed by atoms with Crippen LogP contribution in [-0.4, -0.2) is 46.8 Å². The maximum Gasteiger partial charge on any atom is 0.315 e. The Morgan fingerprint density at radius 3 is 2.80 bits per heavy atom. The molecule has 0 radical (unpaired) electrons. The maximum absolute atomic E-state index is 12.0. The van der Waals surface area contributed by atoms with Crippen LogP contribution in [0.5, 0.6) is 0 Å². The molecular formula is C18H29N5O2. The molecule has 3 N–H and O–H groups in total. The molecule has 7 heteroatoms. The Labute approximate surface area is 149 Å². The Hall–Kier alpha value is -1.89. The average Bonchev–Trinajstić information content (AvgIpc) is 2.61. The number of piperidine rings is 1. The van der Waals surface area contributed by atoms with Crippen molar-refractivity contribution >= 4 is 12.0 Å². The zero-order valence-corrected chi connectivity index (χ0v) is 15.2. The van der Waals surface area contributed by atoms with Crippen LogP contribution in [0.1, 0.15) is 56.8 Å². The van der Waals surface area contributed by atoms with Crippen molar-refractivity contribution in [1.82, 2.24) is 20.6 Å². The van der Waals surface area contributed by atoms with Gasteiger partial charge in [0.1, 0.15) is 0 Å². The van der Waals surface area contributed by atoms with Gasteiger partial charge in [0.05, 0.1) is 11.7 Å². The number of amides is 2. The fourth-order valence-electron chi connectivity index (χ4n) is 3.62. The number of hydrogen-bond donors (Lipinski definition) is 3. The number of aliphatic hydroxyl groups is 1. The Kier molecular flexibility index (Phi) is 5.73. The van der Waals surface area contributed by atoms with Crippen molar-refractivity contribution in [2.24, 2.45) is 5.92 Å². The lowest BCUT2D eigenvalue weighted by molar-refractivity contribution is 0.202. The molecule has 1 aromatic heterocycles. The molecule has 0 saturated carbocycles. The highest BCUT2D eigenvalue weighted by Gasteiger charge is 2.26. The molecular weight excluding hydrogens is 318 g/mol. The number of carbonyl (C=O) groups is 1. The average molecular weight is 347 g/mol. The molecule has 0 unspecified atom stereocenters. The summed E-state index contributed by atoms with van der Waals surface area (Å²) in [5, 5.41) is 15.2. The fourth-order valence-corrected chi connectivity index (χ4v) is 3.62. The number of hydrogen-bond acceptors (Lipinski definition) is 5. The van der Waals surface area contributed by atoms with Gasteiger partial charge >= 0.3 is 6.03 Å². The van der Waals surface area contributed by atoms with E-state index in [1.165, 1.54) is 0 Å². The second-order valence-corrected chi connectivity index (χ2v) is 7.40. The van der Waals surface area contributed by atoms with Crippen LogP contribution < -0.4 is 15.5 Å². The van der Waals surface area contributed by atoms with Gasteiger partial charge in [-0.25, -0.2) is 14.8 Å². The first-order valence-corrected chi connectivity index (χ1v) is 9.35. The van der Waals surface area contributed by atoms with Crippen LogP contribution in [0.2, 0.25) is 0 Å². The van der Waals surface area contributed by atoms with Gasteiger partial charge < -0.3 is 20.6 Å². The number of aryl methyl sites for hydroxylation is 1. The molecule has 2 heterocycles. The zero-order chi connectivity index (χ0) is 17.8. The lowest BCUT2D eigenvalue weighted by Crippen LogP contribution is -2.42. The summed E-state index contributed by atoms with van der Waals surface area (Å²) in [4.78, 5) is 23.6. The molecule has 0 bridgehead atoms. The van der Waals surface area contributed by atoms with E-state index in [1.54, 1.807) is 0 Å². The number of urea groups is 1. The van der Waals surface area contributed by atoms with Gasteiger partial charge in [-0.05, 0) is 51.9 Å². The van der Waals surface area contributed by atoms with Crippen molar-refractivity contribution in [3.05, 3.63) is 17.5 Å². The summed E-state index contributed by atoms with van der Waals surface area (Å²) in [6, 6.07) is -0.0387. The Balaban J connectivity index is 1.69. The molecule has 1 atom stereocenters. The number of anilines is 1. The minimum atomic E-state index is -0.136. The predicted octanol–water partition coefficient (Wildman–Crippen LogP) is 1.77. The van der Waals surface area contributed by atoms with Crippen LogP contribution in [-0.2, 0) is 6.42 Å². The molecule has 2 amide bonds. The summed E-state index contributed by atoms with van der Waals surface area (Å²) in [5.41, 5.74) is 2.09. The van der Waals surface area contributed by atoms with Gasteiger partial charge in [-0.15, -0.1) is 0 Å². The van der Waals surface area contributed by atoms with Crippen LogP contribution >= 0.6 is 0 Å². The van der Waals surface area contributed by atoms with Gasteiger partial charge in [0.2, 0.25) is 5.95 Å². The summed E-state index contributed by atoms with van der Waals surface area (Å²) in [6.07, 6.45) is 6.72. The summed E-state index contributed by atoms with van der Waals surface area (Å²) in [6.45, 7) is 5.95. The molecule has 1 aliphatic carbocycles. The van der Waals surface area contributed by atoms with E-state index in [1.807, 2.05) is 20.0 Å². The second-order valence-electron chi connectivity index (χ2n) is 7.40. The molecule has 1 fully saturated rings. The molecule has 2 aliphatic rings.